The number of rotatable bonds is 3. The molecule has 0 aliphatic carbocycles. The van der Waals surface area contributed by atoms with E-state index < -0.39 is 0 Å². The molecule has 0 amide bonds. The molecule has 0 saturated carbocycles. The summed E-state index contributed by atoms with van der Waals surface area (Å²) in [5.41, 5.74) is 5.46. The average molecular weight is 180 g/mol. The Balaban J connectivity index is 1.97. The SMILES string of the molecule is Nc1nnnn1CCn1cncn1. The topological polar surface area (TPSA) is 100 Å². The lowest BCUT2D eigenvalue weighted by molar-refractivity contribution is 0.493. The van der Waals surface area contributed by atoms with Crippen molar-refractivity contribution in [2.45, 2.75) is 13.1 Å². The number of hydrogen-bond donors (Lipinski definition) is 1. The Morgan fingerprint density at radius 3 is 2.92 bits per heavy atom. The van der Waals surface area contributed by atoms with Gasteiger partial charge in [-0.1, -0.05) is 5.10 Å². The minimum absolute atomic E-state index is 0.306. The molecule has 0 saturated heterocycles. The number of nitrogens with zero attached hydrogens (tertiary/aromatic N) is 7. The fraction of sp³-hybridized carbons (Fsp3) is 0.400. The standard InChI is InChI=1S/C5H8N8/c6-5-9-10-11-13(5)2-1-12-4-7-3-8-12/h3-4H,1-2H2,(H2,6,9,11). The van der Waals surface area contributed by atoms with Crippen LogP contribution in [0.25, 0.3) is 0 Å². The van der Waals surface area contributed by atoms with Crippen molar-refractivity contribution >= 4 is 5.95 Å². The predicted octanol–water partition coefficient (Wildman–Crippen LogP) is -1.45. The van der Waals surface area contributed by atoms with Gasteiger partial charge in [-0.05, 0) is 10.4 Å². The van der Waals surface area contributed by atoms with Crippen molar-refractivity contribution < 1.29 is 0 Å². The predicted molar refractivity (Wildman–Crippen MR) is 42.3 cm³/mol. The Bertz CT molecular complexity index is 362. The van der Waals surface area contributed by atoms with E-state index in [-0.39, 0.29) is 0 Å². The fourth-order valence-corrected chi connectivity index (χ4v) is 0.916. The quantitative estimate of drug-likeness (QED) is 0.620. The molecular formula is C5H8N8. The van der Waals surface area contributed by atoms with Gasteiger partial charge in [-0.3, -0.25) is 4.68 Å². The second kappa shape index (κ2) is 3.17. The lowest BCUT2D eigenvalue weighted by Gasteiger charge is -2.00. The molecule has 0 aliphatic heterocycles. The minimum Gasteiger partial charge on any atom is -0.367 e. The molecule has 0 bridgehead atoms. The Morgan fingerprint density at radius 1 is 1.38 bits per heavy atom. The summed E-state index contributed by atoms with van der Waals surface area (Å²) in [6, 6.07) is 0. The minimum atomic E-state index is 0.306. The zero-order valence-electron chi connectivity index (χ0n) is 6.78. The third kappa shape index (κ3) is 1.60. The molecule has 8 heteroatoms. The fourth-order valence-electron chi connectivity index (χ4n) is 0.916. The van der Waals surface area contributed by atoms with Crippen LogP contribution in [0.5, 0.6) is 0 Å². The van der Waals surface area contributed by atoms with Crippen LogP contribution < -0.4 is 5.73 Å². The molecule has 0 radical (unpaired) electrons. The molecule has 0 spiro atoms. The molecule has 0 aliphatic rings. The van der Waals surface area contributed by atoms with Gasteiger partial charge >= 0.3 is 0 Å². The zero-order valence-corrected chi connectivity index (χ0v) is 6.78. The summed E-state index contributed by atoms with van der Waals surface area (Å²) in [5, 5.41) is 14.6. The highest BCUT2D eigenvalue weighted by molar-refractivity contribution is 5.09. The third-order valence-corrected chi connectivity index (χ3v) is 1.57. The highest BCUT2D eigenvalue weighted by atomic mass is 15.6. The van der Waals surface area contributed by atoms with E-state index in [4.69, 9.17) is 5.73 Å². The number of nitrogen functional groups attached to an aromatic ring is 1. The van der Waals surface area contributed by atoms with Gasteiger partial charge in [0.05, 0.1) is 13.1 Å². The molecule has 0 fully saturated rings. The Hall–Kier alpha value is -1.99. The van der Waals surface area contributed by atoms with E-state index in [1.165, 1.54) is 11.0 Å². The van der Waals surface area contributed by atoms with Crippen molar-refractivity contribution in [2.24, 2.45) is 0 Å². The van der Waals surface area contributed by atoms with Crippen LogP contribution in [-0.2, 0) is 13.1 Å². The molecule has 2 rings (SSSR count). The molecule has 2 N–H and O–H groups in total. The van der Waals surface area contributed by atoms with Gasteiger partial charge in [0.25, 0.3) is 0 Å². The van der Waals surface area contributed by atoms with Crippen molar-refractivity contribution in [3.05, 3.63) is 12.7 Å². The summed E-state index contributed by atoms with van der Waals surface area (Å²) < 4.78 is 3.18. The second-order valence-corrected chi connectivity index (χ2v) is 2.42. The van der Waals surface area contributed by atoms with Crippen LogP contribution in [-0.4, -0.2) is 35.0 Å². The van der Waals surface area contributed by atoms with E-state index in [1.807, 2.05) is 0 Å². The molecular weight excluding hydrogens is 172 g/mol. The average Bonchev–Trinajstić information content (AvgIpc) is 2.72. The lowest BCUT2D eigenvalue weighted by atomic mass is 10.6. The van der Waals surface area contributed by atoms with E-state index in [2.05, 4.69) is 25.6 Å². The number of hydrogen-bond acceptors (Lipinski definition) is 6. The monoisotopic (exact) mass is 180 g/mol. The number of aryl methyl sites for hydroxylation is 2. The maximum absolute atomic E-state index is 5.46. The van der Waals surface area contributed by atoms with Crippen LogP contribution in [0.4, 0.5) is 5.95 Å². The first-order valence-corrected chi connectivity index (χ1v) is 3.70. The summed E-state index contributed by atoms with van der Waals surface area (Å²) in [6.07, 6.45) is 3.10. The first-order valence-electron chi connectivity index (χ1n) is 3.70. The molecule has 0 aromatic carbocycles. The third-order valence-electron chi connectivity index (χ3n) is 1.57. The van der Waals surface area contributed by atoms with E-state index in [9.17, 15) is 0 Å². The van der Waals surface area contributed by atoms with Crippen molar-refractivity contribution in [2.75, 3.05) is 5.73 Å². The van der Waals surface area contributed by atoms with E-state index in [0.717, 1.165) is 0 Å². The van der Waals surface area contributed by atoms with Crippen molar-refractivity contribution in [3.63, 3.8) is 0 Å². The van der Waals surface area contributed by atoms with Gasteiger partial charge in [0.2, 0.25) is 5.95 Å². The van der Waals surface area contributed by atoms with Gasteiger partial charge in [-0.25, -0.2) is 9.67 Å². The van der Waals surface area contributed by atoms with Gasteiger partial charge in [-0.2, -0.15) is 5.10 Å². The first kappa shape index (κ1) is 7.65. The van der Waals surface area contributed by atoms with Crippen LogP contribution in [0.1, 0.15) is 0 Å². The van der Waals surface area contributed by atoms with Crippen LogP contribution in [0.15, 0.2) is 12.7 Å². The maximum atomic E-state index is 5.46. The molecule has 68 valence electrons. The Kier molecular flexibility index (Phi) is 1.87. The molecule has 0 unspecified atom stereocenters. The number of tetrazole rings is 1. The first-order chi connectivity index (χ1) is 6.36. The highest BCUT2D eigenvalue weighted by Gasteiger charge is 2.00. The molecule has 2 aromatic heterocycles. The Labute approximate surface area is 73.4 Å². The normalized spacial score (nSPS) is 10.5. The summed E-state index contributed by atoms with van der Waals surface area (Å²) in [5.74, 6) is 0.306. The molecule has 0 atom stereocenters. The number of aromatic nitrogens is 7. The van der Waals surface area contributed by atoms with Gasteiger partial charge in [0, 0.05) is 0 Å². The van der Waals surface area contributed by atoms with Gasteiger partial charge in [-0.15, -0.1) is 0 Å². The lowest BCUT2D eigenvalue weighted by Crippen LogP contribution is -2.11. The molecule has 13 heavy (non-hydrogen) atoms. The maximum Gasteiger partial charge on any atom is 0.240 e. The van der Waals surface area contributed by atoms with Crippen molar-refractivity contribution in [1.82, 2.24) is 35.0 Å². The molecule has 2 heterocycles. The van der Waals surface area contributed by atoms with Gasteiger partial charge in [0.1, 0.15) is 12.7 Å². The van der Waals surface area contributed by atoms with E-state index >= 15 is 0 Å². The zero-order chi connectivity index (χ0) is 9.10. The van der Waals surface area contributed by atoms with Crippen LogP contribution in [0.3, 0.4) is 0 Å². The van der Waals surface area contributed by atoms with E-state index in [1.54, 1.807) is 11.0 Å². The van der Waals surface area contributed by atoms with E-state index in [0.29, 0.717) is 19.0 Å². The largest absolute Gasteiger partial charge is 0.367 e. The highest BCUT2D eigenvalue weighted by Crippen LogP contribution is 1.92. The smallest absolute Gasteiger partial charge is 0.240 e. The van der Waals surface area contributed by atoms with Crippen LogP contribution in [0, 0.1) is 0 Å². The number of anilines is 1. The van der Waals surface area contributed by atoms with Crippen LogP contribution in [0.2, 0.25) is 0 Å². The van der Waals surface area contributed by atoms with Gasteiger partial charge < -0.3 is 5.73 Å². The number of nitrogens with two attached hydrogens (primary N) is 1. The summed E-state index contributed by atoms with van der Waals surface area (Å²) in [7, 11) is 0. The van der Waals surface area contributed by atoms with Crippen molar-refractivity contribution in [1.29, 1.82) is 0 Å². The summed E-state index contributed by atoms with van der Waals surface area (Å²) >= 11 is 0. The second-order valence-electron chi connectivity index (χ2n) is 2.42. The van der Waals surface area contributed by atoms with Crippen LogP contribution >= 0.6 is 0 Å². The Morgan fingerprint density at radius 2 is 2.31 bits per heavy atom. The van der Waals surface area contributed by atoms with Gasteiger partial charge in [0.15, 0.2) is 0 Å². The molecule has 2 aromatic rings. The van der Waals surface area contributed by atoms with Crippen molar-refractivity contribution in [3.8, 4) is 0 Å². The summed E-state index contributed by atoms with van der Waals surface area (Å²) in [6.45, 7) is 1.23. The summed E-state index contributed by atoms with van der Waals surface area (Å²) in [4.78, 5) is 3.80. The molecule has 8 nitrogen and oxygen atoms in total.